The van der Waals surface area contributed by atoms with E-state index in [1.807, 2.05) is 0 Å². The number of hydrogen-bond donors (Lipinski definition) is 2. The zero-order chi connectivity index (χ0) is 15.1. The molecule has 0 spiro atoms. The first-order chi connectivity index (χ1) is 8.72. The van der Waals surface area contributed by atoms with Gasteiger partial charge in [-0.3, -0.25) is 0 Å². The molecule has 2 unspecified atom stereocenters. The minimum Gasteiger partial charge on any atom is -0.394 e. The van der Waals surface area contributed by atoms with Crippen molar-refractivity contribution in [3.8, 4) is 0 Å². The van der Waals surface area contributed by atoms with Crippen LogP contribution < -0.4 is 5.32 Å². The standard InChI is InChI=1S/C16H36N2O/c1-13(2)15(5)18(7)11-9-8-10-16(6,12-19)17-14(3)4/h13-15,17,19H,8-12H2,1-7H3. The molecule has 0 rings (SSSR count). The highest BCUT2D eigenvalue weighted by molar-refractivity contribution is 4.83. The average Bonchev–Trinajstić information content (AvgIpc) is 2.32. The predicted molar refractivity (Wildman–Crippen MR) is 84.5 cm³/mol. The molecule has 19 heavy (non-hydrogen) atoms. The maximum atomic E-state index is 9.53. The number of nitrogens with zero attached hydrogens (tertiary/aromatic N) is 1. The number of rotatable bonds is 10. The quantitative estimate of drug-likeness (QED) is 0.600. The summed E-state index contributed by atoms with van der Waals surface area (Å²) < 4.78 is 0. The molecule has 0 bridgehead atoms. The third-order valence-corrected chi connectivity index (χ3v) is 4.14. The van der Waals surface area contributed by atoms with Crippen LogP contribution in [0.15, 0.2) is 0 Å². The maximum Gasteiger partial charge on any atom is 0.0610 e. The van der Waals surface area contributed by atoms with Gasteiger partial charge >= 0.3 is 0 Å². The Balaban J connectivity index is 3.95. The number of aliphatic hydroxyl groups is 1. The van der Waals surface area contributed by atoms with E-state index in [4.69, 9.17) is 0 Å². The van der Waals surface area contributed by atoms with Gasteiger partial charge in [0.05, 0.1) is 6.61 Å². The molecule has 0 amide bonds. The normalized spacial score (nSPS) is 17.2. The molecule has 0 heterocycles. The van der Waals surface area contributed by atoms with Gasteiger partial charge in [0.2, 0.25) is 0 Å². The molecule has 0 aliphatic carbocycles. The number of nitrogens with one attached hydrogen (secondary N) is 1. The van der Waals surface area contributed by atoms with Gasteiger partial charge in [-0.2, -0.15) is 0 Å². The lowest BCUT2D eigenvalue weighted by Crippen LogP contribution is -2.49. The van der Waals surface area contributed by atoms with Gasteiger partial charge in [0.1, 0.15) is 0 Å². The fourth-order valence-corrected chi connectivity index (χ4v) is 2.48. The van der Waals surface area contributed by atoms with E-state index < -0.39 is 0 Å². The summed E-state index contributed by atoms with van der Waals surface area (Å²) in [5.41, 5.74) is -0.129. The van der Waals surface area contributed by atoms with Crippen LogP contribution in [0.1, 0.15) is 60.8 Å². The van der Waals surface area contributed by atoms with Crippen molar-refractivity contribution in [2.24, 2.45) is 5.92 Å². The number of unbranched alkanes of at least 4 members (excludes halogenated alkanes) is 1. The highest BCUT2D eigenvalue weighted by Crippen LogP contribution is 2.15. The van der Waals surface area contributed by atoms with Gasteiger partial charge in [0.25, 0.3) is 0 Å². The molecule has 0 aliphatic heterocycles. The van der Waals surface area contributed by atoms with Crippen LogP contribution in [0.4, 0.5) is 0 Å². The Kier molecular flexibility index (Phi) is 8.88. The van der Waals surface area contributed by atoms with E-state index in [2.05, 4.69) is 58.8 Å². The fraction of sp³-hybridized carbons (Fsp3) is 1.00. The summed E-state index contributed by atoms with van der Waals surface area (Å²) in [6, 6.07) is 1.05. The molecule has 0 aromatic carbocycles. The van der Waals surface area contributed by atoms with E-state index in [1.54, 1.807) is 0 Å². The van der Waals surface area contributed by atoms with Gasteiger partial charge < -0.3 is 15.3 Å². The van der Waals surface area contributed by atoms with Gasteiger partial charge in [-0.1, -0.05) is 34.1 Å². The van der Waals surface area contributed by atoms with Crippen molar-refractivity contribution >= 4 is 0 Å². The van der Waals surface area contributed by atoms with E-state index >= 15 is 0 Å². The number of aliphatic hydroxyl groups excluding tert-OH is 1. The summed E-state index contributed by atoms with van der Waals surface area (Å²) in [7, 11) is 2.21. The van der Waals surface area contributed by atoms with Crippen molar-refractivity contribution in [3.63, 3.8) is 0 Å². The van der Waals surface area contributed by atoms with Crippen LogP contribution in [0.3, 0.4) is 0 Å². The number of hydrogen-bond acceptors (Lipinski definition) is 3. The molecule has 0 aromatic heterocycles. The SMILES string of the molecule is CC(C)NC(C)(CO)CCCCN(C)C(C)C(C)C. The van der Waals surface area contributed by atoms with E-state index in [-0.39, 0.29) is 12.1 Å². The fourth-order valence-electron chi connectivity index (χ4n) is 2.48. The van der Waals surface area contributed by atoms with Crippen LogP contribution in [0, 0.1) is 5.92 Å². The van der Waals surface area contributed by atoms with Crippen molar-refractivity contribution in [3.05, 3.63) is 0 Å². The summed E-state index contributed by atoms with van der Waals surface area (Å²) in [6.07, 6.45) is 3.39. The lowest BCUT2D eigenvalue weighted by atomic mass is 9.94. The Morgan fingerprint density at radius 2 is 1.68 bits per heavy atom. The average molecular weight is 272 g/mol. The lowest BCUT2D eigenvalue weighted by Gasteiger charge is -2.32. The summed E-state index contributed by atoms with van der Waals surface area (Å²) in [6.45, 7) is 14.6. The predicted octanol–water partition coefficient (Wildman–Crippen LogP) is 2.88. The Morgan fingerprint density at radius 3 is 2.11 bits per heavy atom. The van der Waals surface area contributed by atoms with Crippen molar-refractivity contribution in [2.45, 2.75) is 78.4 Å². The van der Waals surface area contributed by atoms with Crippen LogP contribution in [0.5, 0.6) is 0 Å². The molecule has 0 saturated heterocycles. The maximum absolute atomic E-state index is 9.53. The zero-order valence-electron chi connectivity index (χ0n) is 14.2. The largest absolute Gasteiger partial charge is 0.394 e. The third kappa shape index (κ3) is 7.91. The molecule has 0 fully saturated rings. The molecule has 116 valence electrons. The van der Waals surface area contributed by atoms with Crippen LogP contribution in [-0.2, 0) is 0 Å². The van der Waals surface area contributed by atoms with E-state index in [0.717, 1.165) is 19.4 Å². The summed E-state index contributed by atoms with van der Waals surface area (Å²) in [5.74, 6) is 0.704. The first kappa shape index (κ1) is 18.9. The molecule has 3 heteroatoms. The van der Waals surface area contributed by atoms with Gasteiger partial charge in [-0.15, -0.1) is 0 Å². The second kappa shape index (κ2) is 8.93. The Labute approximate surface area is 120 Å². The van der Waals surface area contributed by atoms with E-state index in [0.29, 0.717) is 18.0 Å². The van der Waals surface area contributed by atoms with Crippen molar-refractivity contribution in [1.29, 1.82) is 0 Å². The second-order valence-corrected chi connectivity index (χ2v) is 6.94. The topological polar surface area (TPSA) is 35.5 Å². The van der Waals surface area contributed by atoms with Crippen molar-refractivity contribution in [2.75, 3.05) is 20.2 Å². The minimum atomic E-state index is -0.129. The van der Waals surface area contributed by atoms with Gasteiger partial charge in [-0.05, 0) is 46.2 Å². The lowest BCUT2D eigenvalue weighted by molar-refractivity contribution is 0.149. The van der Waals surface area contributed by atoms with Crippen molar-refractivity contribution < 1.29 is 5.11 Å². The van der Waals surface area contributed by atoms with Crippen LogP contribution in [0.25, 0.3) is 0 Å². The summed E-state index contributed by atoms with van der Waals surface area (Å²) in [5, 5.41) is 13.0. The monoisotopic (exact) mass is 272 g/mol. The van der Waals surface area contributed by atoms with Crippen LogP contribution in [0.2, 0.25) is 0 Å². The Morgan fingerprint density at radius 1 is 1.11 bits per heavy atom. The van der Waals surface area contributed by atoms with E-state index in [1.165, 1.54) is 6.42 Å². The Bertz CT molecular complexity index is 231. The molecule has 2 atom stereocenters. The highest BCUT2D eigenvalue weighted by Gasteiger charge is 2.23. The summed E-state index contributed by atoms with van der Waals surface area (Å²) >= 11 is 0. The molecule has 0 radical (unpaired) electrons. The third-order valence-electron chi connectivity index (χ3n) is 4.14. The first-order valence-electron chi connectivity index (χ1n) is 7.80. The molecule has 3 nitrogen and oxygen atoms in total. The van der Waals surface area contributed by atoms with Gasteiger partial charge in [-0.25, -0.2) is 0 Å². The summed E-state index contributed by atoms with van der Waals surface area (Å²) in [4.78, 5) is 2.44. The smallest absolute Gasteiger partial charge is 0.0610 e. The minimum absolute atomic E-state index is 0.129. The highest BCUT2D eigenvalue weighted by atomic mass is 16.3. The van der Waals surface area contributed by atoms with Gasteiger partial charge in [0.15, 0.2) is 0 Å². The second-order valence-electron chi connectivity index (χ2n) is 6.94. The Hall–Kier alpha value is -0.120. The molecular weight excluding hydrogens is 236 g/mol. The van der Waals surface area contributed by atoms with Crippen LogP contribution >= 0.6 is 0 Å². The van der Waals surface area contributed by atoms with Crippen molar-refractivity contribution in [1.82, 2.24) is 10.2 Å². The molecular formula is C16H36N2O. The van der Waals surface area contributed by atoms with E-state index in [9.17, 15) is 5.11 Å². The molecule has 0 aliphatic rings. The zero-order valence-corrected chi connectivity index (χ0v) is 14.2. The molecule has 0 aromatic rings. The van der Waals surface area contributed by atoms with Gasteiger partial charge in [0, 0.05) is 17.6 Å². The molecule has 0 saturated carbocycles. The first-order valence-corrected chi connectivity index (χ1v) is 7.80. The molecule has 2 N–H and O–H groups in total. The van der Waals surface area contributed by atoms with Crippen LogP contribution in [-0.4, -0.2) is 47.8 Å².